The molecule has 1 heterocycles. The van der Waals surface area contributed by atoms with E-state index in [9.17, 15) is 4.79 Å². The van der Waals surface area contributed by atoms with E-state index in [1.54, 1.807) is 0 Å². The number of hydrogen-bond acceptors (Lipinski definition) is 2. The largest absolute Gasteiger partial charge is 0.378 e. The normalized spacial score (nSPS) is 29.9. The number of amides is 2. The molecule has 2 fully saturated rings. The van der Waals surface area contributed by atoms with E-state index in [0.29, 0.717) is 6.10 Å². The molecule has 0 radical (unpaired) electrons. The predicted molar refractivity (Wildman–Crippen MR) is 89.7 cm³/mol. The summed E-state index contributed by atoms with van der Waals surface area (Å²) in [4.78, 5) is 12.3. The van der Waals surface area contributed by atoms with E-state index >= 15 is 0 Å². The van der Waals surface area contributed by atoms with E-state index in [1.807, 2.05) is 18.2 Å². The van der Waals surface area contributed by atoms with Gasteiger partial charge in [-0.25, -0.2) is 4.79 Å². The molecule has 2 amide bonds. The molecule has 1 saturated heterocycles. The Morgan fingerprint density at radius 3 is 2.87 bits per heavy atom. The lowest BCUT2D eigenvalue weighted by molar-refractivity contribution is -0.00918. The number of ether oxygens (including phenoxy) is 1. The number of benzene rings is 1. The van der Waals surface area contributed by atoms with Crippen LogP contribution in [0.4, 0.5) is 4.79 Å². The molecule has 5 heteroatoms. The van der Waals surface area contributed by atoms with Crippen molar-refractivity contribution in [2.75, 3.05) is 6.61 Å². The third kappa shape index (κ3) is 3.48. The Morgan fingerprint density at radius 1 is 1.17 bits per heavy atom. The summed E-state index contributed by atoms with van der Waals surface area (Å²) in [7, 11) is 0. The second-order valence-corrected chi connectivity index (χ2v) is 7.46. The van der Waals surface area contributed by atoms with Crippen LogP contribution in [0.5, 0.6) is 0 Å². The molecule has 4 nitrogen and oxygen atoms in total. The van der Waals surface area contributed by atoms with Crippen LogP contribution in [0.25, 0.3) is 0 Å². The van der Waals surface area contributed by atoms with Crippen LogP contribution >= 0.6 is 11.6 Å². The minimum atomic E-state index is -0.0563. The Balaban J connectivity index is 1.32. The van der Waals surface area contributed by atoms with Crippen molar-refractivity contribution in [3.63, 3.8) is 0 Å². The van der Waals surface area contributed by atoms with Gasteiger partial charge < -0.3 is 15.4 Å². The molecule has 0 aromatic heterocycles. The first-order chi connectivity index (χ1) is 11.2. The van der Waals surface area contributed by atoms with Crippen molar-refractivity contribution in [3.05, 3.63) is 34.3 Å². The average Bonchev–Trinajstić information content (AvgIpc) is 3.31. The second-order valence-electron chi connectivity index (χ2n) is 7.02. The van der Waals surface area contributed by atoms with E-state index < -0.39 is 0 Å². The summed E-state index contributed by atoms with van der Waals surface area (Å²) in [5, 5.41) is 7.04. The Labute approximate surface area is 141 Å². The fourth-order valence-electron chi connectivity index (χ4n) is 3.88. The van der Waals surface area contributed by atoms with Crippen LogP contribution in [0.2, 0.25) is 5.02 Å². The molecule has 1 aliphatic heterocycles. The Bertz CT molecular complexity index is 603. The lowest BCUT2D eigenvalue weighted by atomic mass is 10.0. The van der Waals surface area contributed by atoms with Crippen LogP contribution in [0, 0.1) is 5.92 Å². The van der Waals surface area contributed by atoms with Crippen molar-refractivity contribution in [3.8, 4) is 0 Å². The average molecular weight is 335 g/mol. The van der Waals surface area contributed by atoms with Gasteiger partial charge in [-0.05, 0) is 67.7 Å². The van der Waals surface area contributed by atoms with Crippen molar-refractivity contribution in [2.45, 2.75) is 56.7 Å². The van der Waals surface area contributed by atoms with Crippen molar-refractivity contribution in [1.82, 2.24) is 10.6 Å². The van der Waals surface area contributed by atoms with Crippen molar-refractivity contribution in [2.24, 2.45) is 5.92 Å². The van der Waals surface area contributed by atoms with Gasteiger partial charge in [-0.15, -0.1) is 0 Å². The minimum absolute atomic E-state index is 0.0563. The van der Waals surface area contributed by atoms with Crippen LogP contribution in [0.3, 0.4) is 0 Å². The van der Waals surface area contributed by atoms with Gasteiger partial charge in [0, 0.05) is 17.7 Å². The van der Waals surface area contributed by atoms with E-state index in [-0.39, 0.29) is 18.1 Å². The molecule has 3 atom stereocenters. The highest BCUT2D eigenvalue weighted by Crippen LogP contribution is 2.38. The van der Waals surface area contributed by atoms with Crippen molar-refractivity contribution < 1.29 is 9.53 Å². The fourth-order valence-corrected chi connectivity index (χ4v) is 4.07. The molecule has 0 bridgehead atoms. The molecule has 3 aliphatic rings. The standard InChI is InChI=1S/C18H23ClN2O2/c19-13-4-5-15-12(9-13)3-6-16(15)21-18(22)20-14-7-8-23-17(10-14)11-1-2-11/h4-5,9,11,14,16-17H,1-3,6-8,10H2,(H2,20,21,22)/t14-,16+,17+/m1/s1. The van der Waals surface area contributed by atoms with Crippen molar-refractivity contribution >= 4 is 17.6 Å². The fraction of sp³-hybridized carbons (Fsp3) is 0.611. The molecule has 1 aromatic rings. The number of carbonyl (C=O) groups excluding carboxylic acids is 1. The molecule has 1 aromatic carbocycles. The van der Waals surface area contributed by atoms with Gasteiger partial charge in [0.1, 0.15) is 0 Å². The zero-order chi connectivity index (χ0) is 15.8. The molecule has 2 aliphatic carbocycles. The predicted octanol–water partition coefficient (Wildman–Crippen LogP) is 3.58. The molecule has 4 rings (SSSR count). The van der Waals surface area contributed by atoms with Crippen LogP contribution in [-0.4, -0.2) is 24.8 Å². The molecular weight excluding hydrogens is 312 g/mol. The van der Waals surface area contributed by atoms with E-state index in [0.717, 1.165) is 43.2 Å². The quantitative estimate of drug-likeness (QED) is 0.887. The summed E-state index contributed by atoms with van der Waals surface area (Å²) in [5.41, 5.74) is 2.45. The number of halogens is 1. The third-order valence-electron chi connectivity index (χ3n) is 5.29. The zero-order valence-electron chi connectivity index (χ0n) is 13.2. The Hall–Kier alpha value is -1.26. The smallest absolute Gasteiger partial charge is 0.315 e. The van der Waals surface area contributed by atoms with E-state index in [4.69, 9.17) is 16.3 Å². The maximum atomic E-state index is 12.3. The monoisotopic (exact) mass is 334 g/mol. The van der Waals surface area contributed by atoms with Gasteiger partial charge in [0.25, 0.3) is 0 Å². The lowest BCUT2D eigenvalue weighted by Gasteiger charge is -2.30. The van der Waals surface area contributed by atoms with Gasteiger partial charge in [-0.2, -0.15) is 0 Å². The summed E-state index contributed by atoms with van der Waals surface area (Å²) in [6, 6.07) is 6.22. The van der Waals surface area contributed by atoms with Crippen LogP contribution in [-0.2, 0) is 11.2 Å². The number of fused-ring (bicyclic) bond motifs is 1. The molecule has 23 heavy (non-hydrogen) atoms. The minimum Gasteiger partial charge on any atom is -0.378 e. The molecule has 0 spiro atoms. The maximum Gasteiger partial charge on any atom is 0.315 e. The summed E-state index contributed by atoms with van der Waals surface area (Å²) >= 11 is 6.04. The van der Waals surface area contributed by atoms with Gasteiger partial charge in [0.05, 0.1) is 12.1 Å². The van der Waals surface area contributed by atoms with Gasteiger partial charge in [-0.1, -0.05) is 17.7 Å². The first-order valence-corrected chi connectivity index (χ1v) is 9.04. The molecular formula is C18H23ClN2O2. The van der Waals surface area contributed by atoms with Gasteiger partial charge in [0.15, 0.2) is 0 Å². The Morgan fingerprint density at radius 2 is 2.04 bits per heavy atom. The van der Waals surface area contributed by atoms with Crippen LogP contribution in [0.15, 0.2) is 18.2 Å². The number of rotatable bonds is 3. The highest BCUT2D eigenvalue weighted by molar-refractivity contribution is 6.30. The number of carbonyl (C=O) groups is 1. The SMILES string of the molecule is O=C(N[C@@H]1CCO[C@H](C2CC2)C1)N[C@H]1CCc2cc(Cl)ccc21. The number of aryl methyl sites for hydroxylation is 1. The topological polar surface area (TPSA) is 50.4 Å². The van der Waals surface area contributed by atoms with Gasteiger partial charge in [0.2, 0.25) is 0 Å². The third-order valence-corrected chi connectivity index (χ3v) is 5.52. The second kappa shape index (κ2) is 6.33. The highest BCUT2D eigenvalue weighted by Gasteiger charge is 2.36. The molecule has 2 N–H and O–H groups in total. The van der Waals surface area contributed by atoms with E-state index in [2.05, 4.69) is 10.6 Å². The maximum absolute atomic E-state index is 12.3. The molecule has 124 valence electrons. The van der Waals surface area contributed by atoms with Crippen molar-refractivity contribution in [1.29, 1.82) is 0 Å². The summed E-state index contributed by atoms with van der Waals surface area (Å²) in [5.74, 6) is 0.731. The lowest BCUT2D eigenvalue weighted by Crippen LogP contribution is -2.47. The summed E-state index contributed by atoms with van der Waals surface area (Å²) < 4.78 is 5.82. The Kier molecular flexibility index (Phi) is 4.20. The van der Waals surface area contributed by atoms with Crippen LogP contribution < -0.4 is 10.6 Å². The van der Waals surface area contributed by atoms with Gasteiger partial charge in [-0.3, -0.25) is 0 Å². The molecule has 1 saturated carbocycles. The summed E-state index contributed by atoms with van der Waals surface area (Å²) in [6.45, 7) is 0.761. The number of nitrogens with one attached hydrogen (secondary N) is 2. The van der Waals surface area contributed by atoms with Crippen LogP contribution in [0.1, 0.15) is 49.3 Å². The first-order valence-electron chi connectivity index (χ1n) is 8.66. The van der Waals surface area contributed by atoms with E-state index in [1.165, 1.54) is 24.0 Å². The summed E-state index contributed by atoms with van der Waals surface area (Å²) in [6.07, 6.45) is 6.70. The first kappa shape index (κ1) is 15.3. The molecule has 0 unspecified atom stereocenters. The zero-order valence-corrected chi connectivity index (χ0v) is 13.9. The highest BCUT2D eigenvalue weighted by atomic mass is 35.5. The van der Waals surface area contributed by atoms with Gasteiger partial charge >= 0.3 is 6.03 Å². The number of hydrogen-bond donors (Lipinski definition) is 2. The number of urea groups is 1.